The molecule has 0 aromatic heterocycles. The van der Waals surface area contributed by atoms with Crippen molar-refractivity contribution in [3.05, 3.63) is 64.9 Å². The molecule has 2 aromatic rings. The average molecular weight is 447 g/mol. The Bertz CT molecular complexity index is 867. The zero-order chi connectivity index (χ0) is 22.2. The first-order chi connectivity index (χ1) is 15.0. The first kappa shape index (κ1) is 23.1. The SMILES string of the molecule is CC[C@H](C(=O)NC1CCCC1)N(Cc1ccc(Cl)cc1)C(=O)COc1ccc(F)cc1. The van der Waals surface area contributed by atoms with Crippen molar-refractivity contribution in [1.82, 2.24) is 10.2 Å². The Morgan fingerprint density at radius 1 is 1.13 bits per heavy atom. The molecule has 1 N–H and O–H groups in total. The topological polar surface area (TPSA) is 58.6 Å². The highest BCUT2D eigenvalue weighted by Gasteiger charge is 2.30. The number of ether oxygens (including phenoxy) is 1. The van der Waals surface area contributed by atoms with Gasteiger partial charge in [0.2, 0.25) is 5.91 Å². The van der Waals surface area contributed by atoms with Gasteiger partial charge in [-0.05, 0) is 61.2 Å². The van der Waals surface area contributed by atoms with Crippen LogP contribution in [0.15, 0.2) is 48.5 Å². The van der Waals surface area contributed by atoms with E-state index in [1.807, 2.05) is 19.1 Å². The van der Waals surface area contributed by atoms with E-state index >= 15 is 0 Å². The molecule has 0 radical (unpaired) electrons. The van der Waals surface area contributed by atoms with E-state index in [1.165, 1.54) is 24.3 Å². The van der Waals surface area contributed by atoms with Crippen LogP contribution in [0.25, 0.3) is 0 Å². The number of hydrogen-bond acceptors (Lipinski definition) is 3. The van der Waals surface area contributed by atoms with E-state index in [2.05, 4.69) is 5.32 Å². The van der Waals surface area contributed by atoms with Crippen LogP contribution in [0.1, 0.15) is 44.6 Å². The molecule has 2 aromatic carbocycles. The molecule has 3 rings (SSSR count). The number of nitrogens with one attached hydrogen (secondary N) is 1. The average Bonchev–Trinajstić information content (AvgIpc) is 3.27. The fraction of sp³-hybridized carbons (Fsp3) is 0.417. The van der Waals surface area contributed by atoms with E-state index < -0.39 is 6.04 Å². The first-order valence-corrected chi connectivity index (χ1v) is 11.1. The lowest BCUT2D eigenvalue weighted by molar-refractivity contribution is -0.143. The summed E-state index contributed by atoms with van der Waals surface area (Å²) in [6.45, 7) is 1.91. The summed E-state index contributed by atoms with van der Waals surface area (Å²) in [7, 11) is 0. The van der Waals surface area contributed by atoms with Gasteiger partial charge in [0.25, 0.3) is 5.91 Å². The van der Waals surface area contributed by atoms with Crippen LogP contribution < -0.4 is 10.1 Å². The molecular formula is C24H28ClFN2O3. The number of hydrogen-bond donors (Lipinski definition) is 1. The van der Waals surface area contributed by atoms with Gasteiger partial charge in [0.05, 0.1) is 0 Å². The summed E-state index contributed by atoms with van der Waals surface area (Å²) in [5.74, 6) is -0.437. The highest BCUT2D eigenvalue weighted by Crippen LogP contribution is 2.20. The summed E-state index contributed by atoms with van der Waals surface area (Å²) in [6, 6.07) is 12.2. The second-order valence-corrected chi connectivity index (χ2v) is 8.24. The van der Waals surface area contributed by atoms with Crippen molar-refractivity contribution in [3.8, 4) is 5.75 Å². The van der Waals surface area contributed by atoms with Crippen LogP contribution in [-0.2, 0) is 16.1 Å². The Hall–Kier alpha value is -2.60. The van der Waals surface area contributed by atoms with Crippen molar-refractivity contribution in [1.29, 1.82) is 0 Å². The lowest BCUT2D eigenvalue weighted by atomic mass is 10.1. The molecule has 1 saturated carbocycles. The van der Waals surface area contributed by atoms with Gasteiger partial charge >= 0.3 is 0 Å². The van der Waals surface area contributed by atoms with Crippen molar-refractivity contribution in [2.24, 2.45) is 0 Å². The molecule has 1 aliphatic rings. The number of rotatable bonds is 9. The van der Waals surface area contributed by atoms with Crippen LogP contribution in [0.5, 0.6) is 5.75 Å². The third-order valence-corrected chi connectivity index (χ3v) is 5.78. The van der Waals surface area contributed by atoms with Gasteiger partial charge in [0.15, 0.2) is 6.61 Å². The molecule has 0 heterocycles. The minimum atomic E-state index is -0.611. The van der Waals surface area contributed by atoms with Gasteiger partial charge in [0, 0.05) is 17.6 Å². The van der Waals surface area contributed by atoms with E-state index in [4.69, 9.17) is 16.3 Å². The second kappa shape index (κ2) is 11.1. The number of nitrogens with zero attached hydrogens (tertiary/aromatic N) is 1. The second-order valence-electron chi connectivity index (χ2n) is 7.80. The van der Waals surface area contributed by atoms with Gasteiger partial charge in [0.1, 0.15) is 17.6 Å². The van der Waals surface area contributed by atoms with Gasteiger partial charge in [-0.3, -0.25) is 9.59 Å². The number of benzene rings is 2. The molecular weight excluding hydrogens is 419 g/mol. The highest BCUT2D eigenvalue weighted by atomic mass is 35.5. The Labute approximate surface area is 187 Å². The largest absolute Gasteiger partial charge is 0.484 e. The maximum Gasteiger partial charge on any atom is 0.261 e. The quantitative estimate of drug-likeness (QED) is 0.606. The lowest BCUT2D eigenvalue weighted by Gasteiger charge is -2.31. The summed E-state index contributed by atoms with van der Waals surface area (Å²) in [5, 5.41) is 3.71. The Kier molecular flexibility index (Phi) is 8.29. The summed E-state index contributed by atoms with van der Waals surface area (Å²) in [4.78, 5) is 27.7. The fourth-order valence-corrected chi connectivity index (χ4v) is 3.96. The monoisotopic (exact) mass is 446 g/mol. The van der Waals surface area contributed by atoms with Gasteiger partial charge in [-0.25, -0.2) is 4.39 Å². The maximum atomic E-state index is 13.1. The summed E-state index contributed by atoms with van der Waals surface area (Å²) >= 11 is 5.98. The van der Waals surface area contributed by atoms with Crippen LogP contribution in [0.3, 0.4) is 0 Å². The van der Waals surface area contributed by atoms with Crippen molar-refractivity contribution in [3.63, 3.8) is 0 Å². The molecule has 1 atom stereocenters. The van der Waals surface area contributed by atoms with Gasteiger partial charge < -0.3 is 15.0 Å². The number of carbonyl (C=O) groups is 2. The standard InChI is InChI=1S/C24H28ClFN2O3/c1-2-22(24(30)27-20-5-3-4-6-20)28(15-17-7-9-18(25)10-8-17)23(29)16-31-21-13-11-19(26)12-14-21/h7-14,20,22H,2-6,15-16H2,1H3,(H,27,30)/t22-/m1/s1. The smallest absolute Gasteiger partial charge is 0.261 e. The molecule has 0 spiro atoms. The summed E-state index contributed by atoms with van der Waals surface area (Å²) in [6.07, 6.45) is 4.65. The van der Waals surface area contributed by atoms with Crippen LogP contribution in [0.2, 0.25) is 5.02 Å². The molecule has 1 aliphatic carbocycles. The Morgan fingerprint density at radius 3 is 2.39 bits per heavy atom. The fourth-order valence-electron chi connectivity index (χ4n) is 3.83. The number of carbonyl (C=O) groups excluding carboxylic acids is 2. The van der Waals surface area contributed by atoms with E-state index in [9.17, 15) is 14.0 Å². The summed E-state index contributed by atoms with van der Waals surface area (Å²) < 4.78 is 18.7. The van der Waals surface area contributed by atoms with Crippen molar-refractivity contribution < 1.29 is 18.7 Å². The number of amides is 2. The van der Waals surface area contributed by atoms with E-state index in [0.717, 1.165) is 31.2 Å². The molecule has 2 amide bonds. The predicted molar refractivity (Wildman–Crippen MR) is 118 cm³/mol. The van der Waals surface area contributed by atoms with Crippen LogP contribution >= 0.6 is 11.6 Å². The third-order valence-electron chi connectivity index (χ3n) is 5.53. The molecule has 7 heteroatoms. The molecule has 31 heavy (non-hydrogen) atoms. The van der Waals surface area contributed by atoms with Crippen LogP contribution in [-0.4, -0.2) is 35.4 Å². The predicted octanol–water partition coefficient (Wildman–Crippen LogP) is 4.72. The van der Waals surface area contributed by atoms with Crippen molar-refractivity contribution in [2.75, 3.05) is 6.61 Å². The molecule has 0 unspecified atom stereocenters. The number of halogens is 2. The van der Waals surface area contributed by atoms with E-state index in [1.54, 1.807) is 17.0 Å². The van der Waals surface area contributed by atoms with Crippen molar-refractivity contribution in [2.45, 2.75) is 57.7 Å². The Morgan fingerprint density at radius 2 is 1.77 bits per heavy atom. The van der Waals surface area contributed by atoms with Gasteiger partial charge in [-0.2, -0.15) is 0 Å². The molecule has 166 valence electrons. The van der Waals surface area contributed by atoms with Crippen molar-refractivity contribution >= 4 is 23.4 Å². The zero-order valence-electron chi connectivity index (χ0n) is 17.7. The normalized spacial score (nSPS) is 14.8. The molecule has 1 fully saturated rings. The minimum Gasteiger partial charge on any atom is -0.484 e. The zero-order valence-corrected chi connectivity index (χ0v) is 18.4. The van der Waals surface area contributed by atoms with Crippen LogP contribution in [0.4, 0.5) is 4.39 Å². The maximum absolute atomic E-state index is 13.1. The van der Waals surface area contributed by atoms with Gasteiger partial charge in [-0.1, -0.05) is 43.5 Å². The molecule has 0 saturated heterocycles. The Balaban J connectivity index is 1.74. The molecule has 0 bridgehead atoms. The van der Waals surface area contributed by atoms with Crippen LogP contribution in [0, 0.1) is 5.82 Å². The first-order valence-electron chi connectivity index (χ1n) is 10.7. The summed E-state index contributed by atoms with van der Waals surface area (Å²) in [5.41, 5.74) is 0.867. The highest BCUT2D eigenvalue weighted by molar-refractivity contribution is 6.30. The lowest BCUT2D eigenvalue weighted by Crippen LogP contribution is -2.52. The van der Waals surface area contributed by atoms with E-state index in [-0.39, 0.29) is 36.8 Å². The minimum absolute atomic E-state index is 0.140. The van der Waals surface area contributed by atoms with Gasteiger partial charge in [-0.15, -0.1) is 0 Å². The van der Waals surface area contributed by atoms with E-state index in [0.29, 0.717) is 17.2 Å². The molecule has 5 nitrogen and oxygen atoms in total. The third kappa shape index (κ3) is 6.69. The molecule has 0 aliphatic heterocycles.